The van der Waals surface area contributed by atoms with E-state index in [0.29, 0.717) is 0 Å². The van der Waals surface area contributed by atoms with Crippen LogP contribution in [0.15, 0.2) is 36.4 Å². The average molecular weight is 338 g/mol. The zero-order valence-electron chi connectivity index (χ0n) is 15.2. The molecule has 1 atom stereocenters. The van der Waals surface area contributed by atoms with E-state index >= 15 is 0 Å². The Morgan fingerprint density at radius 2 is 1.72 bits per heavy atom. The van der Waals surface area contributed by atoms with Gasteiger partial charge in [0.25, 0.3) is 0 Å². The number of aromatic nitrogens is 2. The highest BCUT2D eigenvalue weighted by molar-refractivity contribution is 5.79. The Labute approximate surface area is 149 Å². The smallest absolute Gasteiger partial charge is 0.225 e. The quantitative estimate of drug-likeness (QED) is 0.930. The molecule has 1 aromatic heterocycles. The van der Waals surface area contributed by atoms with E-state index < -0.39 is 0 Å². The number of nitrogens with zero attached hydrogens (tertiary/aromatic N) is 3. The van der Waals surface area contributed by atoms with Gasteiger partial charge in [-0.15, -0.1) is 0 Å². The molecule has 3 rings (SSSR count). The van der Waals surface area contributed by atoms with Crippen LogP contribution < -0.4 is 10.2 Å². The van der Waals surface area contributed by atoms with Gasteiger partial charge in [-0.2, -0.15) is 0 Å². The predicted octanol–water partition coefficient (Wildman–Crippen LogP) is 3.19. The van der Waals surface area contributed by atoms with Crippen molar-refractivity contribution in [2.45, 2.75) is 39.7 Å². The first-order valence-electron chi connectivity index (χ1n) is 8.95. The van der Waals surface area contributed by atoms with Crippen LogP contribution in [0.3, 0.4) is 0 Å². The van der Waals surface area contributed by atoms with Crippen molar-refractivity contribution in [1.82, 2.24) is 15.3 Å². The third-order valence-electron chi connectivity index (χ3n) is 4.78. The lowest BCUT2D eigenvalue weighted by atomic mass is 9.95. The summed E-state index contributed by atoms with van der Waals surface area (Å²) in [7, 11) is 0. The third kappa shape index (κ3) is 4.35. The largest absolute Gasteiger partial charge is 0.349 e. The van der Waals surface area contributed by atoms with Crippen molar-refractivity contribution in [2.24, 2.45) is 5.92 Å². The standard InChI is InChI=1S/C20H26N4O/c1-14-13-15(2)22-20(21-14)24-11-9-18(10-12-24)19(25)23-16(3)17-7-5-4-6-8-17/h4-8,13,16,18H,9-12H2,1-3H3,(H,23,25). The van der Waals surface area contributed by atoms with Crippen molar-refractivity contribution in [2.75, 3.05) is 18.0 Å². The number of amides is 1. The van der Waals surface area contributed by atoms with Gasteiger partial charge in [-0.05, 0) is 45.2 Å². The van der Waals surface area contributed by atoms with Gasteiger partial charge in [0.15, 0.2) is 0 Å². The number of hydrogen-bond acceptors (Lipinski definition) is 4. The summed E-state index contributed by atoms with van der Waals surface area (Å²) in [5.41, 5.74) is 3.11. The summed E-state index contributed by atoms with van der Waals surface area (Å²) >= 11 is 0. The van der Waals surface area contributed by atoms with E-state index in [1.807, 2.05) is 57.2 Å². The molecule has 25 heavy (non-hydrogen) atoms. The molecule has 1 aromatic carbocycles. The number of nitrogens with one attached hydrogen (secondary N) is 1. The summed E-state index contributed by atoms with van der Waals surface area (Å²) in [6, 6.07) is 12.1. The second-order valence-electron chi connectivity index (χ2n) is 6.85. The van der Waals surface area contributed by atoms with Crippen LogP contribution in [0.25, 0.3) is 0 Å². The van der Waals surface area contributed by atoms with E-state index in [2.05, 4.69) is 20.2 Å². The Morgan fingerprint density at radius 3 is 2.32 bits per heavy atom. The molecule has 0 radical (unpaired) electrons. The van der Waals surface area contributed by atoms with Crippen LogP contribution in [0.2, 0.25) is 0 Å². The number of carbonyl (C=O) groups is 1. The number of rotatable bonds is 4. The molecular weight excluding hydrogens is 312 g/mol. The van der Waals surface area contributed by atoms with Crippen molar-refractivity contribution >= 4 is 11.9 Å². The molecule has 1 aliphatic rings. The van der Waals surface area contributed by atoms with Crippen LogP contribution in [-0.2, 0) is 4.79 Å². The summed E-state index contributed by atoms with van der Waals surface area (Å²) in [4.78, 5) is 23.8. The van der Waals surface area contributed by atoms with Crippen molar-refractivity contribution in [3.05, 3.63) is 53.3 Å². The first-order chi connectivity index (χ1) is 12.0. The Hall–Kier alpha value is -2.43. The minimum absolute atomic E-state index is 0.0366. The zero-order chi connectivity index (χ0) is 17.8. The van der Waals surface area contributed by atoms with Crippen LogP contribution in [-0.4, -0.2) is 29.0 Å². The number of piperidine rings is 1. The molecule has 0 saturated carbocycles. The van der Waals surface area contributed by atoms with Crippen LogP contribution in [0, 0.1) is 19.8 Å². The maximum Gasteiger partial charge on any atom is 0.225 e. The number of carbonyl (C=O) groups excluding carboxylic acids is 1. The molecule has 5 nitrogen and oxygen atoms in total. The minimum atomic E-state index is 0.0366. The van der Waals surface area contributed by atoms with Crippen molar-refractivity contribution in [3.8, 4) is 0 Å². The summed E-state index contributed by atoms with van der Waals surface area (Å²) in [6.45, 7) is 7.65. The van der Waals surface area contributed by atoms with Crippen molar-refractivity contribution in [3.63, 3.8) is 0 Å². The molecule has 5 heteroatoms. The Balaban J connectivity index is 1.55. The van der Waals surface area contributed by atoms with Gasteiger partial charge in [-0.25, -0.2) is 9.97 Å². The normalized spacial score (nSPS) is 16.5. The predicted molar refractivity (Wildman–Crippen MR) is 99.4 cm³/mol. The first-order valence-corrected chi connectivity index (χ1v) is 8.95. The fraction of sp³-hybridized carbons (Fsp3) is 0.450. The van der Waals surface area contributed by atoms with Crippen LogP contribution >= 0.6 is 0 Å². The monoisotopic (exact) mass is 338 g/mol. The van der Waals surface area contributed by atoms with Gasteiger partial charge < -0.3 is 10.2 Å². The highest BCUT2D eigenvalue weighted by atomic mass is 16.1. The molecule has 1 amide bonds. The van der Waals surface area contributed by atoms with E-state index in [-0.39, 0.29) is 17.9 Å². The maximum atomic E-state index is 12.6. The van der Waals surface area contributed by atoms with Crippen LogP contribution in [0.4, 0.5) is 5.95 Å². The number of anilines is 1. The van der Waals surface area contributed by atoms with E-state index in [1.54, 1.807) is 0 Å². The first kappa shape index (κ1) is 17.4. The summed E-state index contributed by atoms with van der Waals surface area (Å²) in [5, 5.41) is 3.15. The Morgan fingerprint density at radius 1 is 1.12 bits per heavy atom. The Bertz CT molecular complexity index is 703. The van der Waals surface area contributed by atoms with Gasteiger partial charge in [0.1, 0.15) is 0 Å². The number of aryl methyl sites for hydroxylation is 2. The third-order valence-corrected chi connectivity index (χ3v) is 4.78. The van der Waals surface area contributed by atoms with E-state index in [4.69, 9.17) is 0 Å². The summed E-state index contributed by atoms with van der Waals surface area (Å²) < 4.78 is 0. The molecular formula is C20H26N4O. The van der Waals surface area contributed by atoms with Gasteiger partial charge in [0.2, 0.25) is 11.9 Å². The zero-order valence-corrected chi connectivity index (χ0v) is 15.2. The average Bonchev–Trinajstić information content (AvgIpc) is 2.61. The Kier molecular flexibility index (Phi) is 5.31. The molecule has 1 fully saturated rings. The lowest BCUT2D eigenvalue weighted by Crippen LogP contribution is -2.41. The second kappa shape index (κ2) is 7.64. The fourth-order valence-electron chi connectivity index (χ4n) is 3.35. The molecule has 1 N–H and O–H groups in total. The molecule has 0 bridgehead atoms. The minimum Gasteiger partial charge on any atom is -0.349 e. The highest BCUT2D eigenvalue weighted by Crippen LogP contribution is 2.22. The number of hydrogen-bond donors (Lipinski definition) is 1. The second-order valence-corrected chi connectivity index (χ2v) is 6.85. The molecule has 0 aliphatic carbocycles. The van der Waals surface area contributed by atoms with E-state index in [9.17, 15) is 4.79 Å². The molecule has 1 saturated heterocycles. The highest BCUT2D eigenvalue weighted by Gasteiger charge is 2.27. The van der Waals surface area contributed by atoms with Crippen LogP contribution in [0.5, 0.6) is 0 Å². The fourth-order valence-corrected chi connectivity index (χ4v) is 3.35. The molecule has 1 aliphatic heterocycles. The van der Waals surface area contributed by atoms with Gasteiger partial charge in [0, 0.05) is 30.4 Å². The van der Waals surface area contributed by atoms with Crippen molar-refractivity contribution < 1.29 is 4.79 Å². The lowest BCUT2D eigenvalue weighted by molar-refractivity contribution is -0.126. The summed E-state index contributed by atoms with van der Waals surface area (Å²) in [6.07, 6.45) is 1.67. The van der Waals surface area contributed by atoms with Gasteiger partial charge >= 0.3 is 0 Å². The SMILES string of the molecule is Cc1cc(C)nc(N2CCC(C(=O)NC(C)c3ccccc3)CC2)n1. The van der Waals surface area contributed by atoms with E-state index in [1.165, 1.54) is 0 Å². The van der Waals surface area contributed by atoms with Gasteiger partial charge in [-0.1, -0.05) is 30.3 Å². The van der Waals surface area contributed by atoms with Gasteiger partial charge in [0.05, 0.1) is 6.04 Å². The molecule has 2 heterocycles. The van der Waals surface area contributed by atoms with Crippen LogP contribution in [0.1, 0.15) is 42.8 Å². The van der Waals surface area contributed by atoms with E-state index in [0.717, 1.165) is 48.8 Å². The van der Waals surface area contributed by atoms with Crippen molar-refractivity contribution in [1.29, 1.82) is 0 Å². The topological polar surface area (TPSA) is 58.1 Å². The lowest BCUT2D eigenvalue weighted by Gasteiger charge is -2.32. The number of benzene rings is 1. The molecule has 2 aromatic rings. The maximum absolute atomic E-state index is 12.6. The molecule has 132 valence electrons. The molecule has 1 unspecified atom stereocenters. The van der Waals surface area contributed by atoms with Gasteiger partial charge in [-0.3, -0.25) is 4.79 Å². The summed E-state index contributed by atoms with van der Waals surface area (Å²) in [5.74, 6) is 1.000. The molecule has 0 spiro atoms.